The summed E-state index contributed by atoms with van der Waals surface area (Å²) >= 11 is 2.57. The van der Waals surface area contributed by atoms with Gasteiger partial charge in [-0.1, -0.05) is 55.8 Å². The van der Waals surface area contributed by atoms with Crippen molar-refractivity contribution >= 4 is 22.6 Å². The number of hydrogen-bond donors (Lipinski definition) is 2. The Morgan fingerprint density at radius 1 is 1.13 bits per heavy atom. The van der Waals surface area contributed by atoms with E-state index in [0.717, 1.165) is 36.8 Å². The van der Waals surface area contributed by atoms with E-state index in [4.69, 9.17) is 0 Å². The van der Waals surface area contributed by atoms with Gasteiger partial charge in [-0.05, 0) is 74.0 Å². The van der Waals surface area contributed by atoms with Crippen molar-refractivity contribution in [3.63, 3.8) is 0 Å². The lowest BCUT2D eigenvalue weighted by molar-refractivity contribution is 0.313. The SMILES string of the molecule is CCC(C)(C)CCCc1cc(O)c(O)c(CCCC2(I)CC2)c1. The van der Waals surface area contributed by atoms with Crippen molar-refractivity contribution in [1.82, 2.24) is 0 Å². The lowest BCUT2D eigenvalue weighted by atomic mass is 9.84. The first kappa shape index (κ1) is 18.9. The average molecular weight is 430 g/mol. The molecule has 0 saturated heterocycles. The molecule has 2 nitrogen and oxygen atoms in total. The molecule has 0 atom stereocenters. The van der Waals surface area contributed by atoms with E-state index in [2.05, 4.69) is 49.4 Å². The Balaban J connectivity index is 1.92. The molecule has 1 aromatic rings. The maximum absolute atomic E-state index is 10.1. The number of aryl methyl sites for hydroxylation is 2. The zero-order valence-corrected chi connectivity index (χ0v) is 16.9. The second-order valence-electron chi connectivity index (χ2n) is 8.00. The number of phenols is 2. The molecule has 1 aliphatic carbocycles. The quantitative estimate of drug-likeness (QED) is 0.280. The fourth-order valence-corrected chi connectivity index (χ4v) is 3.66. The standard InChI is InChI=1S/C20H31IO2/c1-4-19(2,3)9-5-7-15-13-16(18(23)17(22)14-15)8-6-10-20(21)11-12-20/h13-14,22-23H,4-12H2,1-3H3. The maximum atomic E-state index is 10.1. The molecular formula is C20H31IO2. The lowest BCUT2D eigenvalue weighted by Gasteiger charge is -2.22. The van der Waals surface area contributed by atoms with E-state index >= 15 is 0 Å². The topological polar surface area (TPSA) is 40.5 Å². The number of aromatic hydroxyl groups is 2. The predicted octanol–water partition coefficient (Wildman–Crippen LogP) is 6.15. The number of hydrogen-bond acceptors (Lipinski definition) is 2. The molecule has 2 rings (SSSR count). The summed E-state index contributed by atoms with van der Waals surface area (Å²) in [4.78, 5) is 0. The van der Waals surface area contributed by atoms with Crippen LogP contribution in [0.3, 0.4) is 0 Å². The van der Waals surface area contributed by atoms with Gasteiger partial charge in [0.1, 0.15) is 0 Å². The van der Waals surface area contributed by atoms with Crippen molar-refractivity contribution in [2.24, 2.45) is 5.41 Å². The van der Waals surface area contributed by atoms with Gasteiger partial charge < -0.3 is 10.2 Å². The van der Waals surface area contributed by atoms with E-state index < -0.39 is 0 Å². The van der Waals surface area contributed by atoms with Crippen LogP contribution >= 0.6 is 22.6 Å². The van der Waals surface area contributed by atoms with E-state index in [1.54, 1.807) is 6.07 Å². The Kier molecular flexibility index (Phi) is 6.26. The van der Waals surface area contributed by atoms with Crippen molar-refractivity contribution in [3.05, 3.63) is 23.3 Å². The van der Waals surface area contributed by atoms with Crippen LogP contribution in [0.15, 0.2) is 12.1 Å². The monoisotopic (exact) mass is 430 g/mol. The van der Waals surface area contributed by atoms with Gasteiger partial charge in [0.05, 0.1) is 0 Å². The minimum atomic E-state index is 0.0443. The van der Waals surface area contributed by atoms with Crippen LogP contribution < -0.4 is 0 Å². The minimum Gasteiger partial charge on any atom is -0.504 e. The summed E-state index contributed by atoms with van der Waals surface area (Å²) in [6, 6.07) is 3.83. The molecule has 0 radical (unpaired) electrons. The van der Waals surface area contributed by atoms with E-state index in [1.807, 2.05) is 0 Å². The molecule has 130 valence electrons. The van der Waals surface area contributed by atoms with Crippen molar-refractivity contribution < 1.29 is 10.2 Å². The lowest BCUT2D eigenvalue weighted by Crippen LogP contribution is -2.09. The third-order valence-electron chi connectivity index (χ3n) is 5.37. The number of phenolic OH excluding ortho intramolecular Hbond substituents is 2. The fraction of sp³-hybridized carbons (Fsp3) is 0.700. The largest absolute Gasteiger partial charge is 0.504 e. The highest BCUT2D eigenvalue weighted by Gasteiger charge is 2.38. The van der Waals surface area contributed by atoms with Crippen LogP contribution in [0, 0.1) is 5.41 Å². The van der Waals surface area contributed by atoms with Crippen LogP contribution in [0.1, 0.15) is 76.8 Å². The molecular weight excluding hydrogens is 399 g/mol. The van der Waals surface area contributed by atoms with Gasteiger partial charge in [-0.3, -0.25) is 0 Å². The number of benzene rings is 1. The van der Waals surface area contributed by atoms with Crippen LogP contribution in [0.5, 0.6) is 11.5 Å². The van der Waals surface area contributed by atoms with Crippen molar-refractivity contribution in [1.29, 1.82) is 0 Å². The van der Waals surface area contributed by atoms with Gasteiger partial charge >= 0.3 is 0 Å². The third kappa shape index (κ3) is 5.84. The van der Waals surface area contributed by atoms with Gasteiger partial charge in [0.2, 0.25) is 0 Å². The Morgan fingerprint density at radius 2 is 1.83 bits per heavy atom. The van der Waals surface area contributed by atoms with E-state index in [9.17, 15) is 10.2 Å². The minimum absolute atomic E-state index is 0.0443. The second kappa shape index (κ2) is 7.62. The molecule has 3 heteroatoms. The summed E-state index contributed by atoms with van der Waals surface area (Å²) in [6.45, 7) is 6.86. The number of rotatable bonds is 9. The molecule has 0 bridgehead atoms. The summed E-state index contributed by atoms with van der Waals surface area (Å²) in [6.07, 6.45) is 10.3. The van der Waals surface area contributed by atoms with Crippen molar-refractivity contribution in [2.45, 2.75) is 82.0 Å². The van der Waals surface area contributed by atoms with Crippen molar-refractivity contribution in [2.75, 3.05) is 0 Å². The van der Waals surface area contributed by atoms with Crippen LogP contribution in [0.2, 0.25) is 0 Å². The first-order valence-corrected chi connectivity index (χ1v) is 10.1. The molecule has 0 heterocycles. The molecule has 1 aromatic carbocycles. The van der Waals surface area contributed by atoms with Crippen LogP contribution in [0.4, 0.5) is 0 Å². The predicted molar refractivity (Wildman–Crippen MR) is 106 cm³/mol. The Labute approximate surface area is 154 Å². The summed E-state index contributed by atoms with van der Waals surface area (Å²) in [5.41, 5.74) is 2.45. The first-order chi connectivity index (χ1) is 10.7. The molecule has 0 aromatic heterocycles. The van der Waals surface area contributed by atoms with Gasteiger partial charge in [-0.25, -0.2) is 0 Å². The summed E-state index contributed by atoms with van der Waals surface area (Å²) < 4.78 is 0.527. The molecule has 0 aliphatic heterocycles. The van der Waals surface area contributed by atoms with Gasteiger partial charge in [0, 0.05) is 3.42 Å². The Bertz CT molecular complexity index is 533. The van der Waals surface area contributed by atoms with Gasteiger partial charge in [-0.2, -0.15) is 0 Å². The van der Waals surface area contributed by atoms with Crippen LogP contribution in [-0.4, -0.2) is 13.6 Å². The normalized spacial score (nSPS) is 16.5. The highest BCUT2D eigenvalue weighted by atomic mass is 127. The van der Waals surface area contributed by atoms with E-state index in [-0.39, 0.29) is 11.5 Å². The Morgan fingerprint density at radius 3 is 2.43 bits per heavy atom. The highest BCUT2D eigenvalue weighted by molar-refractivity contribution is 14.1. The molecule has 23 heavy (non-hydrogen) atoms. The zero-order chi connectivity index (χ0) is 17.1. The maximum Gasteiger partial charge on any atom is 0.160 e. The molecule has 0 spiro atoms. The fourth-order valence-electron chi connectivity index (χ4n) is 3.01. The second-order valence-corrected chi connectivity index (χ2v) is 10.3. The molecule has 1 saturated carbocycles. The zero-order valence-electron chi connectivity index (χ0n) is 14.8. The third-order valence-corrected chi connectivity index (χ3v) is 6.99. The number of alkyl halides is 1. The van der Waals surface area contributed by atoms with Crippen molar-refractivity contribution in [3.8, 4) is 11.5 Å². The summed E-state index contributed by atoms with van der Waals surface area (Å²) in [7, 11) is 0. The van der Waals surface area contributed by atoms with E-state index in [0.29, 0.717) is 8.84 Å². The summed E-state index contributed by atoms with van der Waals surface area (Å²) in [5.74, 6) is 0.129. The van der Waals surface area contributed by atoms with Gasteiger partial charge in [0.15, 0.2) is 11.5 Å². The van der Waals surface area contributed by atoms with Crippen LogP contribution in [-0.2, 0) is 12.8 Å². The molecule has 2 N–H and O–H groups in total. The highest BCUT2D eigenvalue weighted by Crippen LogP contribution is 2.49. The molecule has 0 unspecified atom stereocenters. The van der Waals surface area contributed by atoms with Gasteiger partial charge in [-0.15, -0.1) is 0 Å². The Hall–Kier alpha value is -0.450. The van der Waals surface area contributed by atoms with Gasteiger partial charge in [0.25, 0.3) is 0 Å². The van der Waals surface area contributed by atoms with Crippen LogP contribution in [0.25, 0.3) is 0 Å². The average Bonchev–Trinajstić information content (AvgIpc) is 3.21. The smallest absolute Gasteiger partial charge is 0.160 e. The molecule has 0 amide bonds. The van der Waals surface area contributed by atoms with E-state index in [1.165, 1.54) is 32.1 Å². The summed E-state index contributed by atoms with van der Waals surface area (Å²) in [5, 5.41) is 20.1. The molecule has 1 aliphatic rings. The number of halogens is 1. The first-order valence-electron chi connectivity index (χ1n) is 8.97. The molecule has 1 fully saturated rings.